The monoisotopic (exact) mass is 379 g/mol. The van der Waals surface area contributed by atoms with Crippen molar-refractivity contribution in [2.45, 2.75) is 44.4 Å². The number of nitrogens with zero attached hydrogens (tertiary/aromatic N) is 1. The number of halogens is 1. The van der Waals surface area contributed by atoms with Crippen LogP contribution in [0.25, 0.3) is 16.6 Å². The first-order valence-corrected chi connectivity index (χ1v) is 9.80. The first-order chi connectivity index (χ1) is 13.4. The van der Waals surface area contributed by atoms with E-state index in [-0.39, 0.29) is 23.4 Å². The molecule has 144 valence electrons. The van der Waals surface area contributed by atoms with E-state index in [1.807, 2.05) is 12.1 Å². The molecule has 3 aromatic rings. The summed E-state index contributed by atoms with van der Waals surface area (Å²) < 4.78 is 16.1. The lowest BCUT2D eigenvalue weighted by Crippen LogP contribution is -2.29. The van der Waals surface area contributed by atoms with E-state index >= 15 is 0 Å². The Balaban J connectivity index is 1.75. The van der Waals surface area contributed by atoms with Gasteiger partial charge >= 0.3 is 5.97 Å². The zero-order valence-corrected chi connectivity index (χ0v) is 15.7. The molecule has 2 aliphatic carbocycles. The number of carbonyl (C=O) groups is 1. The number of aromatic hydroxyl groups is 1. The number of phenols is 1. The Bertz CT molecular complexity index is 1110. The second kappa shape index (κ2) is 6.09. The molecule has 0 radical (unpaired) electrons. The topological polar surface area (TPSA) is 62.5 Å². The van der Waals surface area contributed by atoms with Crippen LogP contribution in [0.2, 0.25) is 0 Å². The van der Waals surface area contributed by atoms with Crippen LogP contribution in [0, 0.1) is 18.7 Å². The molecular weight excluding hydrogens is 357 g/mol. The SMILES string of the molecule is Cc1cc(-n2c(C3CC3)c(C3CC(C(=O)O)C3)c3cc(O)ccc32)ccc1F. The number of fused-ring (bicyclic) bond motifs is 1. The maximum absolute atomic E-state index is 13.9. The molecule has 1 aromatic heterocycles. The number of aliphatic carboxylic acids is 1. The first-order valence-electron chi connectivity index (χ1n) is 9.80. The van der Waals surface area contributed by atoms with Crippen LogP contribution in [0.3, 0.4) is 0 Å². The van der Waals surface area contributed by atoms with Gasteiger partial charge in [-0.2, -0.15) is 0 Å². The van der Waals surface area contributed by atoms with Gasteiger partial charge < -0.3 is 14.8 Å². The number of phenolic OH excluding ortho intramolecular Hbond substituents is 1. The third-order valence-electron chi connectivity index (χ3n) is 6.29. The van der Waals surface area contributed by atoms with E-state index in [0.717, 1.165) is 29.4 Å². The van der Waals surface area contributed by atoms with Crippen LogP contribution in [0.15, 0.2) is 36.4 Å². The molecule has 0 atom stereocenters. The number of carboxylic acid groups (broad SMARTS) is 1. The molecule has 4 nitrogen and oxygen atoms in total. The lowest BCUT2D eigenvalue weighted by molar-refractivity contribution is -0.145. The molecule has 2 N–H and O–H groups in total. The molecule has 2 saturated carbocycles. The van der Waals surface area contributed by atoms with Gasteiger partial charge in [0.15, 0.2) is 0 Å². The molecule has 0 saturated heterocycles. The van der Waals surface area contributed by atoms with Gasteiger partial charge in [0.1, 0.15) is 11.6 Å². The van der Waals surface area contributed by atoms with E-state index in [9.17, 15) is 19.4 Å². The molecule has 0 bridgehead atoms. The van der Waals surface area contributed by atoms with Crippen molar-refractivity contribution < 1.29 is 19.4 Å². The maximum Gasteiger partial charge on any atom is 0.306 e. The molecule has 0 spiro atoms. The van der Waals surface area contributed by atoms with E-state index in [0.29, 0.717) is 24.3 Å². The summed E-state index contributed by atoms with van der Waals surface area (Å²) in [6, 6.07) is 10.5. The Morgan fingerprint density at radius 3 is 2.50 bits per heavy atom. The highest BCUT2D eigenvalue weighted by atomic mass is 19.1. The second-order valence-corrected chi connectivity index (χ2v) is 8.25. The zero-order chi connectivity index (χ0) is 19.6. The minimum Gasteiger partial charge on any atom is -0.508 e. The summed E-state index contributed by atoms with van der Waals surface area (Å²) in [7, 11) is 0. The van der Waals surface area contributed by atoms with Crippen LogP contribution in [-0.2, 0) is 4.79 Å². The lowest BCUT2D eigenvalue weighted by Gasteiger charge is -2.33. The van der Waals surface area contributed by atoms with Gasteiger partial charge in [0, 0.05) is 16.8 Å². The summed E-state index contributed by atoms with van der Waals surface area (Å²) in [5, 5.41) is 20.4. The average molecular weight is 379 g/mol. The van der Waals surface area contributed by atoms with Crippen LogP contribution in [0.5, 0.6) is 5.75 Å². The molecule has 0 unspecified atom stereocenters. The van der Waals surface area contributed by atoms with Crippen LogP contribution >= 0.6 is 0 Å². The molecule has 2 aliphatic rings. The summed E-state index contributed by atoms with van der Waals surface area (Å²) in [5.41, 5.74) is 4.88. The summed E-state index contributed by atoms with van der Waals surface area (Å²) in [4.78, 5) is 11.3. The third-order valence-corrected chi connectivity index (χ3v) is 6.29. The highest BCUT2D eigenvalue weighted by molar-refractivity contribution is 5.90. The smallest absolute Gasteiger partial charge is 0.306 e. The predicted octanol–water partition coefficient (Wildman–Crippen LogP) is 5.24. The zero-order valence-electron chi connectivity index (χ0n) is 15.7. The van der Waals surface area contributed by atoms with Crippen molar-refractivity contribution in [2.75, 3.05) is 0 Å². The van der Waals surface area contributed by atoms with Crippen LogP contribution in [0.1, 0.15) is 54.3 Å². The van der Waals surface area contributed by atoms with E-state index < -0.39 is 5.97 Å². The van der Waals surface area contributed by atoms with Crippen LogP contribution in [0.4, 0.5) is 4.39 Å². The fourth-order valence-electron chi connectivity index (χ4n) is 4.61. The minimum atomic E-state index is -0.732. The molecule has 2 aromatic carbocycles. The van der Waals surface area contributed by atoms with Crippen molar-refractivity contribution in [1.82, 2.24) is 4.57 Å². The van der Waals surface area contributed by atoms with Gasteiger partial charge in [0.05, 0.1) is 11.4 Å². The van der Waals surface area contributed by atoms with Crippen molar-refractivity contribution in [3.05, 3.63) is 59.0 Å². The van der Waals surface area contributed by atoms with Gasteiger partial charge in [-0.3, -0.25) is 4.79 Å². The van der Waals surface area contributed by atoms with E-state index in [4.69, 9.17) is 0 Å². The van der Waals surface area contributed by atoms with E-state index in [1.165, 1.54) is 17.3 Å². The Morgan fingerprint density at radius 2 is 1.86 bits per heavy atom. The number of rotatable bonds is 4. The standard InChI is InChI=1S/C23H22FNO3/c1-12-8-16(4-6-19(12)24)25-20-7-5-17(26)11-18(20)21(22(25)13-2-3-13)14-9-15(10-14)23(27)28/h4-8,11,13-15,26H,2-3,9-10H2,1H3,(H,27,28). The molecule has 0 amide bonds. The fourth-order valence-corrected chi connectivity index (χ4v) is 4.61. The quantitative estimate of drug-likeness (QED) is 0.652. The normalized spacial score (nSPS) is 21.6. The van der Waals surface area contributed by atoms with Gasteiger partial charge in [0.2, 0.25) is 0 Å². The summed E-state index contributed by atoms with van der Waals surface area (Å²) in [6.45, 7) is 1.76. The van der Waals surface area contributed by atoms with Crippen molar-refractivity contribution in [3.63, 3.8) is 0 Å². The lowest BCUT2D eigenvalue weighted by atomic mass is 9.70. The van der Waals surface area contributed by atoms with Gasteiger partial charge in [0.25, 0.3) is 0 Å². The van der Waals surface area contributed by atoms with Crippen LogP contribution < -0.4 is 0 Å². The second-order valence-electron chi connectivity index (χ2n) is 8.25. The van der Waals surface area contributed by atoms with Crippen molar-refractivity contribution in [2.24, 2.45) is 5.92 Å². The van der Waals surface area contributed by atoms with Crippen molar-refractivity contribution in [3.8, 4) is 11.4 Å². The van der Waals surface area contributed by atoms with Gasteiger partial charge in [-0.1, -0.05) is 0 Å². The number of aryl methyl sites for hydroxylation is 1. The van der Waals surface area contributed by atoms with Crippen molar-refractivity contribution >= 4 is 16.9 Å². The van der Waals surface area contributed by atoms with Crippen molar-refractivity contribution in [1.29, 1.82) is 0 Å². The summed E-state index contributed by atoms with van der Waals surface area (Å²) in [5.74, 6) is -0.430. The number of hydrogen-bond acceptors (Lipinski definition) is 2. The number of hydrogen-bond donors (Lipinski definition) is 2. The molecule has 5 rings (SSSR count). The van der Waals surface area contributed by atoms with E-state index in [1.54, 1.807) is 25.1 Å². The highest BCUT2D eigenvalue weighted by Gasteiger charge is 2.41. The number of carboxylic acids is 1. The van der Waals surface area contributed by atoms with Gasteiger partial charge in [-0.05, 0) is 92.0 Å². The Morgan fingerprint density at radius 1 is 1.11 bits per heavy atom. The Labute approximate surface area is 162 Å². The largest absolute Gasteiger partial charge is 0.508 e. The Hall–Kier alpha value is -2.82. The molecule has 2 fully saturated rings. The van der Waals surface area contributed by atoms with Gasteiger partial charge in [-0.25, -0.2) is 4.39 Å². The predicted molar refractivity (Wildman–Crippen MR) is 105 cm³/mol. The molecule has 1 heterocycles. The summed E-state index contributed by atoms with van der Waals surface area (Å²) >= 11 is 0. The maximum atomic E-state index is 13.9. The molecule has 0 aliphatic heterocycles. The molecular formula is C23H22FNO3. The minimum absolute atomic E-state index is 0.184. The third kappa shape index (κ3) is 2.60. The first kappa shape index (κ1) is 17.3. The highest BCUT2D eigenvalue weighted by Crippen LogP contribution is 2.53. The molecule has 28 heavy (non-hydrogen) atoms. The number of benzene rings is 2. The van der Waals surface area contributed by atoms with E-state index in [2.05, 4.69) is 4.57 Å². The molecule has 5 heteroatoms. The van der Waals surface area contributed by atoms with Crippen LogP contribution in [-0.4, -0.2) is 20.7 Å². The average Bonchev–Trinajstić information content (AvgIpc) is 3.39. The fraction of sp³-hybridized carbons (Fsp3) is 0.348. The summed E-state index contributed by atoms with van der Waals surface area (Å²) in [6.07, 6.45) is 3.47. The Kier molecular flexibility index (Phi) is 3.76. The van der Waals surface area contributed by atoms with Gasteiger partial charge in [-0.15, -0.1) is 0 Å². The number of aromatic nitrogens is 1.